The van der Waals surface area contributed by atoms with Crippen molar-refractivity contribution >= 4 is 5.91 Å². The van der Waals surface area contributed by atoms with E-state index in [2.05, 4.69) is 57.4 Å². The Hall–Kier alpha value is -1.43. The summed E-state index contributed by atoms with van der Waals surface area (Å²) in [6.45, 7) is 9.17. The molecule has 0 aromatic heterocycles. The molecule has 144 valence electrons. The summed E-state index contributed by atoms with van der Waals surface area (Å²) in [4.78, 5) is 19.4. The highest BCUT2D eigenvalue weighted by Gasteiger charge is 2.22. The SMILES string of the molecule is CN(CCN1CCN(C(=O)CCC2CCNC2)CC1)Cc1ccccc1. The molecule has 2 fully saturated rings. The number of nitrogens with one attached hydrogen (secondary N) is 1. The predicted molar refractivity (Wildman–Crippen MR) is 106 cm³/mol. The Bertz CT molecular complexity index is 536. The zero-order chi connectivity index (χ0) is 18.2. The molecule has 0 aliphatic carbocycles. The largest absolute Gasteiger partial charge is 0.340 e. The molecule has 2 heterocycles. The molecule has 1 N–H and O–H groups in total. The van der Waals surface area contributed by atoms with E-state index in [1.54, 1.807) is 0 Å². The Morgan fingerprint density at radius 3 is 2.65 bits per heavy atom. The van der Waals surface area contributed by atoms with E-state index in [1.165, 1.54) is 12.0 Å². The first kappa shape index (κ1) is 19.3. The minimum absolute atomic E-state index is 0.359. The molecule has 0 radical (unpaired) electrons. The molecule has 0 saturated carbocycles. The Balaban J connectivity index is 1.30. The second-order valence-corrected chi connectivity index (χ2v) is 7.84. The highest BCUT2D eigenvalue weighted by Crippen LogP contribution is 2.16. The number of benzene rings is 1. The van der Waals surface area contributed by atoms with E-state index < -0.39 is 0 Å². The van der Waals surface area contributed by atoms with E-state index in [9.17, 15) is 4.79 Å². The Morgan fingerprint density at radius 1 is 1.19 bits per heavy atom. The van der Waals surface area contributed by atoms with E-state index in [0.717, 1.165) is 71.7 Å². The number of carbonyl (C=O) groups is 1. The monoisotopic (exact) mass is 358 g/mol. The third-order valence-electron chi connectivity index (χ3n) is 5.75. The zero-order valence-corrected chi connectivity index (χ0v) is 16.2. The molecule has 1 unspecified atom stereocenters. The summed E-state index contributed by atoms with van der Waals surface area (Å²) in [5, 5.41) is 3.38. The van der Waals surface area contributed by atoms with Crippen molar-refractivity contribution in [2.24, 2.45) is 5.92 Å². The number of piperazine rings is 1. The molecule has 3 rings (SSSR count). The molecule has 1 amide bonds. The number of hydrogen-bond donors (Lipinski definition) is 1. The van der Waals surface area contributed by atoms with Crippen molar-refractivity contribution in [1.82, 2.24) is 20.0 Å². The first-order valence-electron chi connectivity index (χ1n) is 10.1. The van der Waals surface area contributed by atoms with Gasteiger partial charge in [0.15, 0.2) is 0 Å². The van der Waals surface area contributed by atoms with Crippen LogP contribution in [0.4, 0.5) is 0 Å². The van der Waals surface area contributed by atoms with Gasteiger partial charge in [-0.05, 0) is 44.5 Å². The summed E-state index contributed by atoms with van der Waals surface area (Å²) in [5.41, 5.74) is 1.36. The molecule has 5 nitrogen and oxygen atoms in total. The molecule has 5 heteroatoms. The number of rotatable bonds is 8. The smallest absolute Gasteiger partial charge is 0.222 e. The molecule has 26 heavy (non-hydrogen) atoms. The van der Waals surface area contributed by atoms with Crippen molar-refractivity contribution in [2.45, 2.75) is 25.8 Å². The number of nitrogens with zero attached hydrogens (tertiary/aromatic N) is 3. The minimum Gasteiger partial charge on any atom is -0.340 e. The van der Waals surface area contributed by atoms with Gasteiger partial charge in [0, 0.05) is 52.2 Å². The average Bonchev–Trinajstić information content (AvgIpc) is 3.19. The van der Waals surface area contributed by atoms with Crippen molar-refractivity contribution in [3.63, 3.8) is 0 Å². The van der Waals surface area contributed by atoms with E-state index in [1.807, 2.05) is 0 Å². The lowest BCUT2D eigenvalue weighted by Crippen LogP contribution is -2.50. The number of hydrogen-bond acceptors (Lipinski definition) is 4. The van der Waals surface area contributed by atoms with Crippen LogP contribution in [0.2, 0.25) is 0 Å². The van der Waals surface area contributed by atoms with Crippen LogP contribution in [0, 0.1) is 5.92 Å². The van der Waals surface area contributed by atoms with Crippen LogP contribution in [-0.2, 0) is 11.3 Å². The summed E-state index contributed by atoms with van der Waals surface area (Å²) in [7, 11) is 2.19. The van der Waals surface area contributed by atoms with Crippen LogP contribution in [-0.4, -0.2) is 80.0 Å². The van der Waals surface area contributed by atoms with E-state index >= 15 is 0 Å². The fraction of sp³-hybridized carbons (Fsp3) is 0.667. The van der Waals surface area contributed by atoms with Gasteiger partial charge in [-0.25, -0.2) is 0 Å². The van der Waals surface area contributed by atoms with Gasteiger partial charge >= 0.3 is 0 Å². The predicted octanol–water partition coefficient (Wildman–Crippen LogP) is 1.65. The number of carbonyl (C=O) groups excluding carboxylic acids is 1. The van der Waals surface area contributed by atoms with Crippen LogP contribution < -0.4 is 5.32 Å². The van der Waals surface area contributed by atoms with Crippen LogP contribution in [0.15, 0.2) is 30.3 Å². The lowest BCUT2D eigenvalue weighted by molar-refractivity contribution is -0.133. The minimum atomic E-state index is 0.359. The maximum Gasteiger partial charge on any atom is 0.222 e. The van der Waals surface area contributed by atoms with Gasteiger partial charge in [-0.3, -0.25) is 9.69 Å². The first-order valence-corrected chi connectivity index (χ1v) is 10.1. The maximum atomic E-state index is 12.4. The molecule has 2 saturated heterocycles. The van der Waals surface area contributed by atoms with Crippen molar-refractivity contribution < 1.29 is 4.79 Å². The molecule has 0 bridgehead atoms. The molecule has 1 atom stereocenters. The fourth-order valence-electron chi connectivity index (χ4n) is 3.95. The third kappa shape index (κ3) is 6.08. The van der Waals surface area contributed by atoms with Crippen molar-refractivity contribution in [3.05, 3.63) is 35.9 Å². The third-order valence-corrected chi connectivity index (χ3v) is 5.75. The van der Waals surface area contributed by atoms with Gasteiger partial charge in [-0.2, -0.15) is 0 Å². The second kappa shape index (κ2) is 10.0. The van der Waals surface area contributed by atoms with Crippen LogP contribution >= 0.6 is 0 Å². The van der Waals surface area contributed by atoms with E-state index in [-0.39, 0.29) is 0 Å². The normalized spacial score (nSPS) is 21.5. The molecular weight excluding hydrogens is 324 g/mol. The molecule has 1 aromatic carbocycles. The standard InChI is InChI=1S/C21H34N4O/c1-23(18-20-5-3-2-4-6-20)11-12-24-13-15-25(16-14-24)21(26)8-7-19-9-10-22-17-19/h2-6,19,22H,7-18H2,1H3. The molecule has 0 spiro atoms. The Kier molecular flexibility index (Phi) is 7.47. The van der Waals surface area contributed by atoms with Crippen LogP contribution in [0.25, 0.3) is 0 Å². The highest BCUT2D eigenvalue weighted by atomic mass is 16.2. The number of likely N-dealkylation sites (N-methyl/N-ethyl adjacent to an activating group) is 1. The first-order chi connectivity index (χ1) is 12.7. The van der Waals surface area contributed by atoms with E-state index in [0.29, 0.717) is 11.8 Å². The van der Waals surface area contributed by atoms with Gasteiger partial charge in [-0.1, -0.05) is 30.3 Å². The zero-order valence-electron chi connectivity index (χ0n) is 16.2. The van der Waals surface area contributed by atoms with Crippen LogP contribution in [0.1, 0.15) is 24.8 Å². The van der Waals surface area contributed by atoms with E-state index in [4.69, 9.17) is 0 Å². The maximum absolute atomic E-state index is 12.4. The van der Waals surface area contributed by atoms with Crippen molar-refractivity contribution in [1.29, 1.82) is 0 Å². The van der Waals surface area contributed by atoms with Gasteiger partial charge in [0.05, 0.1) is 0 Å². The van der Waals surface area contributed by atoms with Gasteiger partial charge in [0.1, 0.15) is 0 Å². The lowest BCUT2D eigenvalue weighted by atomic mass is 10.0. The molecular formula is C21H34N4O. The Morgan fingerprint density at radius 2 is 1.96 bits per heavy atom. The molecule has 2 aliphatic rings. The summed E-state index contributed by atoms with van der Waals surface area (Å²) in [6.07, 6.45) is 3.01. The van der Waals surface area contributed by atoms with Crippen molar-refractivity contribution in [2.75, 3.05) is 59.4 Å². The number of amides is 1. The summed E-state index contributed by atoms with van der Waals surface area (Å²) in [6, 6.07) is 10.6. The summed E-state index contributed by atoms with van der Waals surface area (Å²) < 4.78 is 0. The van der Waals surface area contributed by atoms with Gasteiger partial charge in [0.2, 0.25) is 5.91 Å². The van der Waals surface area contributed by atoms with Crippen LogP contribution in [0.3, 0.4) is 0 Å². The van der Waals surface area contributed by atoms with Gasteiger partial charge in [-0.15, -0.1) is 0 Å². The fourth-order valence-corrected chi connectivity index (χ4v) is 3.95. The molecule has 2 aliphatic heterocycles. The second-order valence-electron chi connectivity index (χ2n) is 7.84. The average molecular weight is 359 g/mol. The summed E-state index contributed by atoms with van der Waals surface area (Å²) in [5.74, 6) is 1.07. The van der Waals surface area contributed by atoms with Crippen LogP contribution in [0.5, 0.6) is 0 Å². The van der Waals surface area contributed by atoms with Crippen molar-refractivity contribution in [3.8, 4) is 0 Å². The quantitative estimate of drug-likeness (QED) is 0.767. The summed E-state index contributed by atoms with van der Waals surface area (Å²) >= 11 is 0. The Labute approximate surface area is 158 Å². The highest BCUT2D eigenvalue weighted by molar-refractivity contribution is 5.76. The topological polar surface area (TPSA) is 38.8 Å². The molecule has 1 aromatic rings. The van der Waals surface area contributed by atoms with Gasteiger partial charge < -0.3 is 15.1 Å². The van der Waals surface area contributed by atoms with Gasteiger partial charge in [0.25, 0.3) is 0 Å². The lowest BCUT2D eigenvalue weighted by Gasteiger charge is -2.35.